The summed E-state index contributed by atoms with van der Waals surface area (Å²) in [7, 11) is 0. The summed E-state index contributed by atoms with van der Waals surface area (Å²) < 4.78 is 47.5. The topological polar surface area (TPSA) is 78.1 Å². The first-order chi connectivity index (χ1) is 13.2. The second-order valence-corrected chi connectivity index (χ2v) is 9.29. The third-order valence-electron chi connectivity index (χ3n) is 4.04. The van der Waals surface area contributed by atoms with Gasteiger partial charge in [0.15, 0.2) is 18.2 Å². The van der Waals surface area contributed by atoms with Crippen molar-refractivity contribution in [1.29, 1.82) is 0 Å². The number of ether oxygens (including phenoxy) is 1. The summed E-state index contributed by atoms with van der Waals surface area (Å²) in [6.07, 6.45) is -2.65. The minimum Gasteiger partial charge on any atom is -0.483 e. The molecule has 1 atom stereocenters. The second-order valence-electron chi connectivity index (χ2n) is 8.44. The average Bonchev–Trinajstić information content (AvgIpc) is 2.98. The standard InChI is InChI=1S/C19H23BrF3N3O3/c1-11-25-16(26-29-11)18(5,9-17(2,3)4)7-14(27)13-6-15(12(20)8-24-13)28-10-19(21,22)23/h6,8H,7,9-10H2,1-5H3. The van der Waals surface area contributed by atoms with Gasteiger partial charge in [0, 0.05) is 31.0 Å². The molecule has 0 radical (unpaired) electrons. The van der Waals surface area contributed by atoms with Crippen molar-refractivity contribution in [3.05, 3.63) is 34.1 Å². The van der Waals surface area contributed by atoms with Gasteiger partial charge in [0.25, 0.3) is 0 Å². The zero-order chi connectivity index (χ0) is 22.0. The number of alkyl halides is 3. The number of rotatable bonds is 7. The van der Waals surface area contributed by atoms with E-state index in [4.69, 9.17) is 9.26 Å². The number of halogens is 4. The van der Waals surface area contributed by atoms with Gasteiger partial charge < -0.3 is 9.26 Å². The molecule has 0 amide bonds. The van der Waals surface area contributed by atoms with Gasteiger partial charge in [0.05, 0.1) is 4.47 Å². The van der Waals surface area contributed by atoms with Crippen LogP contribution in [-0.4, -0.2) is 33.7 Å². The molecule has 10 heteroatoms. The quantitative estimate of drug-likeness (QED) is 0.493. The van der Waals surface area contributed by atoms with E-state index in [1.807, 2.05) is 27.7 Å². The van der Waals surface area contributed by atoms with Gasteiger partial charge in [-0.05, 0) is 27.8 Å². The van der Waals surface area contributed by atoms with Gasteiger partial charge in [0.1, 0.15) is 11.4 Å². The molecule has 0 aliphatic rings. The average molecular weight is 478 g/mol. The number of ketones is 1. The van der Waals surface area contributed by atoms with Crippen molar-refractivity contribution in [3.63, 3.8) is 0 Å². The van der Waals surface area contributed by atoms with E-state index in [1.165, 1.54) is 12.3 Å². The smallest absolute Gasteiger partial charge is 0.422 e. The van der Waals surface area contributed by atoms with Crippen LogP contribution in [0.4, 0.5) is 13.2 Å². The summed E-state index contributed by atoms with van der Waals surface area (Å²) in [5, 5.41) is 3.99. The van der Waals surface area contributed by atoms with Crippen LogP contribution in [0.25, 0.3) is 0 Å². The van der Waals surface area contributed by atoms with Gasteiger partial charge in [-0.25, -0.2) is 0 Å². The number of carbonyl (C=O) groups is 1. The van der Waals surface area contributed by atoms with Gasteiger partial charge in [-0.15, -0.1) is 0 Å². The second kappa shape index (κ2) is 8.41. The zero-order valence-electron chi connectivity index (χ0n) is 16.9. The molecular weight excluding hydrogens is 455 g/mol. The Labute approximate surface area is 175 Å². The molecule has 0 spiro atoms. The molecule has 0 aliphatic heterocycles. The fraction of sp³-hybridized carbons (Fsp3) is 0.579. The first-order valence-corrected chi connectivity index (χ1v) is 9.67. The molecule has 1 unspecified atom stereocenters. The molecule has 0 aliphatic carbocycles. The maximum absolute atomic E-state index is 12.9. The number of aryl methyl sites for hydroxylation is 1. The molecular formula is C19H23BrF3N3O3. The number of pyridine rings is 1. The van der Waals surface area contributed by atoms with E-state index in [0.717, 1.165) is 0 Å². The molecule has 160 valence electrons. The van der Waals surface area contributed by atoms with Crippen molar-refractivity contribution in [2.75, 3.05) is 6.61 Å². The zero-order valence-corrected chi connectivity index (χ0v) is 18.4. The molecule has 2 heterocycles. The minimum absolute atomic E-state index is 0.00530. The molecule has 2 aromatic heterocycles. The van der Waals surface area contributed by atoms with Crippen molar-refractivity contribution in [2.45, 2.75) is 59.1 Å². The largest absolute Gasteiger partial charge is 0.483 e. The molecule has 0 bridgehead atoms. The first kappa shape index (κ1) is 23.3. The Morgan fingerprint density at radius 1 is 1.24 bits per heavy atom. The number of carbonyl (C=O) groups excluding carboxylic acids is 1. The summed E-state index contributed by atoms with van der Waals surface area (Å²) in [4.78, 5) is 21.3. The van der Waals surface area contributed by atoms with Gasteiger partial charge in [-0.1, -0.05) is 32.9 Å². The fourth-order valence-electron chi connectivity index (χ4n) is 3.22. The third kappa shape index (κ3) is 6.80. The van der Waals surface area contributed by atoms with Gasteiger partial charge in [-0.3, -0.25) is 9.78 Å². The van der Waals surface area contributed by atoms with Crippen LogP contribution < -0.4 is 4.74 Å². The molecule has 0 aromatic carbocycles. The lowest BCUT2D eigenvalue weighted by molar-refractivity contribution is -0.153. The predicted octanol–water partition coefficient (Wildman–Crippen LogP) is 5.44. The fourth-order valence-corrected chi connectivity index (χ4v) is 3.55. The monoisotopic (exact) mass is 477 g/mol. The Morgan fingerprint density at radius 2 is 1.90 bits per heavy atom. The molecule has 2 aromatic rings. The SMILES string of the molecule is Cc1nc(C(C)(CC(=O)c2cc(OCC(F)(F)F)c(Br)cn2)CC(C)(C)C)no1. The number of Topliss-reactive ketones (excluding diaryl/α,β-unsaturated/α-hetero) is 1. The summed E-state index contributed by atoms with van der Waals surface area (Å²) in [6.45, 7) is 8.15. The van der Waals surface area contributed by atoms with Crippen LogP contribution in [0.5, 0.6) is 5.75 Å². The van der Waals surface area contributed by atoms with E-state index in [0.29, 0.717) is 18.1 Å². The van der Waals surface area contributed by atoms with Crippen molar-refractivity contribution >= 4 is 21.7 Å². The van der Waals surface area contributed by atoms with Crippen LogP contribution >= 0.6 is 15.9 Å². The Balaban J connectivity index is 2.29. The molecule has 6 nitrogen and oxygen atoms in total. The lowest BCUT2D eigenvalue weighted by Crippen LogP contribution is -2.32. The molecule has 2 rings (SSSR count). The minimum atomic E-state index is -4.49. The highest BCUT2D eigenvalue weighted by Crippen LogP contribution is 2.39. The van der Waals surface area contributed by atoms with Crippen LogP contribution in [0.1, 0.15) is 62.7 Å². The van der Waals surface area contributed by atoms with Gasteiger partial charge in [0.2, 0.25) is 5.89 Å². The van der Waals surface area contributed by atoms with Gasteiger partial charge in [-0.2, -0.15) is 18.2 Å². The summed E-state index contributed by atoms with van der Waals surface area (Å²) >= 11 is 3.09. The lowest BCUT2D eigenvalue weighted by Gasteiger charge is -2.32. The van der Waals surface area contributed by atoms with Crippen molar-refractivity contribution < 1.29 is 27.2 Å². The molecule has 29 heavy (non-hydrogen) atoms. The summed E-state index contributed by atoms with van der Waals surface area (Å²) in [6, 6.07) is 1.21. The van der Waals surface area contributed by atoms with E-state index in [-0.39, 0.29) is 33.5 Å². The molecule has 0 N–H and O–H groups in total. The third-order valence-corrected chi connectivity index (χ3v) is 4.63. The number of hydrogen-bond acceptors (Lipinski definition) is 6. The summed E-state index contributed by atoms with van der Waals surface area (Å²) in [5.74, 6) is 0.332. The van der Waals surface area contributed by atoms with E-state index >= 15 is 0 Å². The van der Waals surface area contributed by atoms with Crippen LogP contribution in [-0.2, 0) is 5.41 Å². The Kier molecular flexibility index (Phi) is 6.76. The first-order valence-electron chi connectivity index (χ1n) is 8.88. The lowest BCUT2D eigenvalue weighted by atomic mass is 9.71. The van der Waals surface area contributed by atoms with E-state index in [1.54, 1.807) is 6.92 Å². The summed E-state index contributed by atoms with van der Waals surface area (Å²) in [5.41, 5.74) is -0.877. The number of hydrogen-bond donors (Lipinski definition) is 0. The van der Waals surface area contributed by atoms with E-state index in [2.05, 4.69) is 31.1 Å². The number of aromatic nitrogens is 3. The Morgan fingerprint density at radius 3 is 2.41 bits per heavy atom. The normalized spacial score (nSPS) is 14.5. The maximum Gasteiger partial charge on any atom is 0.422 e. The molecule has 0 saturated heterocycles. The van der Waals surface area contributed by atoms with Crippen molar-refractivity contribution in [2.24, 2.45) is 5.41 Å². The molecule has 0 saturated carbocycles. The van der Waals surface area contributed by atoms with E-state index < -0.39 is 18.2 Å². The highest BCUT2D eigenvalue weighted by atomic mass is 79.9. The van der Waals surface area contributed by atoms with Crippen LogP contribution in [0.15, 0.2) is 21.3 Å². The maximum atomic E-state index is 12.9. The van der Waals surface area contributed by atoms with Gasteiger partial charge >= 0.3 is 6.18 Å². The highest BCUT2D eigenvalue weighted by Gasteiger charge is 2.38. The Bertz CT molecular complexity index is 878. The number of nitrogens with zero attached hydrogens (tertiary/aromatic N) is 3. The van der Waals surface area contributed by atoms with E-state index in [9.17, 15) is 18.0 Å². The van der Waals surface area contributed by atoms with Crippen LogP contribution in [0, 0.1) is 12.3 Å². The van der Waals surface area contributed by atoms with Crippen molar-refractivity contribution in [1.82, 2.24) is 15.1 Å². The van der Waals surface area contributed by atoms with Crippen LogP contribution in [0.2, 0.25) is 0 Å². The van der Waals surface area contributed by atoms with Crippen molar-refractivity contribution in [3.8, 4) is 5.75 Å². The Hall–Kier alpha value is -1.97. The van der Waals surface area contributed by atoms with Crippen LogP contribution in [0.3, 0.4) is 0 Å². The predicted molar refractivity (Wildman–Crippen MR) is 103 cm³/mol. The molecule has 0 fully saturated rings. The highest BCUT2D eigenvalue weighted by molar-refractivity contribution is 9.10.